The lowest BCUT2D eigenvalue weighted by molar-refractivity contribution is -0.131. The van der Waals surface area contributed by atoms with Crippen LogP contribution in [0.5, 0.6) is 0 Å². The van der Waals surface area contributed by atoms with E-state index in [-0.39, 0.29) is 24.1 Å². The van der Waals surface area contributed by atoms with Gasteiger partial charge in [0.1, 0.15) is 6.61 Å². The van der Waals surface area contributed by atoms with Crippen LogP contribution in [0.25, 0.3) is 0 Å². The third kappa shape index (κ3) is 2.04. The van der Waals surface area contributed by atoms with Crippen LogP contribution in [0.15, 0.2) is 24.3 Å². The van der Waals surface area contributed by atoms with E-state index in [0.29, 0.717) is 12.2 Å². The predicted octanol–water partition coefficient (Wildman–Crippen LogP) is 0.572. The van der Waals surface area contributed by atoms with E-state index >= 15 is 0 Å². The van der Waals surface area contributed by atoms with Gasteiger partial charge in [0.2, 0.25) is 5.91 Å². The Morgan fingerprint density at radius 3 is 2.88 bits per heavy atom. The number of benzene rings is 1. The zero-order chi connectivity index (χ0) is 11.5. The van der Waals surface area contributed by atoms with Crippen molar-refractivity contribution < 1.29 is 19.4 Å². The fraction of sp³-hybridized carbons (Fsp3) is 0.273. The SMILES string of the molecule is O=C1COCC(c2ccccc2C(=O)O)N1. The van der Waals surface area contributed by atoms with Gasteiger partial charge in [-0.3, -0.25) is 4.79 Å². The van der Waals surface area contributed by atoms with Crippen LogP contribution in [0.3, 0.4) is 0 Å². The molecule has 84 valence electrons. The number of carboxylic acids is 1. The van der Waals surface area contributed by atoms with E-state index in [1.807, 2.05) is 0 Å². The Balaban J connectivity index is 2.32. The van der Waals surface area contributed by atoms with Gasteiger partial charge in [-0.05, 0) is 11.6 Å². The number of amides is 1. The minimum Gasteiger partial charge on any atom is -0.478 e. The largest absolute Gasteiger partial charge is 0.478 e. The fourth-order valence-corrected chi connectivity index (χ4v) is 1.71. The summed E-state index contributed by atoms with van der Waals surface area (Å²) in [5.41, 5.74) is 0.765. The topological polar surface area (TPSA) is 75.6 Å². The second-order valence-corrected chi connectivity index (χ2v) is 3.53. The summed E-state index contributed by atoms with van der Waals surface area (Å²) in [5, 5.41) is 11.7. The number of rotatable bonds is 2. The van der Waals surface area contributed by atoms with Crippen molar-refractivity contribution in [2.75, 3.05) is 13.2 Å². The second kappa shape index (κ2) is 4.32. The smallest absolute Gasteiger partial charge is 0.336 e. The molecular formula is C11H11NO4. The summed E-state index contributed by atoms with van der Waals surface area (Å²) in [6.45, 7) is 0.335. The van der Waals surface area contributed by atoms with Crippen molar-refractivity contribution in [1.29, 1.82) is 0 Å². The van der Waals surface area contributed by atoms with Gasteiger partial charge in [0.25, 0.3) is 0 Å². The molecule has 1 aromatic rings. The molecular weight excluding hydrogens is 210 g/mol. The molecule has 5 nitrogen and oxygen atoms in total. The van der Waals surface area contributed by atoms with Gasteiger partial charge in [0.15, 0.2) is 0 Å². The van der Waals surface area contributed by atoms with Crippen LogP contribution in [0.1, 0.15) is 22.0 Å². The van der Waals surface area contributed by atoms with Crippen molar-refractivity contribution >= 4 is 11.9 Å². The van der Waals surface area contributed by atoms with E-state index in [0.717, 1.165) is 0 Å². The molecule has 0 bridgehead atoms. The van der Waals surface area contributed by atoms with E-state index in [4.69, 9.17) is 9.84 Å². The minimum absolute atomic E-state index is 0.0335. The predicted molar refractivity (Wildman–Crippen MR) is 55.1 cm³/mol. The van der Waals surface area contributed by atoms with Gasteiger partial charge in [-0.15, -0.1) is 0 Å². The van der Waals surface area contributed by atoms with Crippen LogP contribution >= 0.6 is 0 Å². The molecule has 1 unspecified atom stereocenters. The highest BCUT2D eigenvalue weighted by Gasteiger charge is 2.24. The lowest BCUT2D eigenvalue weighted by Gasteiger charge is -2.24. The van der Waals surface area contributed by atoms with Crippen molar-refractivity contribution in [3.8, 4) is 0 Å². The summed E-state index contributed by atoms with van der Waals surface area (Å²) in [5.74, 6) is -1.23. The monoisotopic (exact) mass is 221 g/mol. The average Bonchev–Trinajstić information content (AvgIpc) is 2.29. The Bertz CT molecular complexity index is 430. The highest BCUT2D eigenvalue weighted by Crippen LogP contribution is 2.20. The summed E-state index contributed by atoms with van der Waals surface area (Å²) in [4.78, 5) is 22.1. The molecule has 0 aromatic heterocycles. The number of carboxylic acid groups (broad SMARTS) is 1. The summed E-state index contributed by atoms with van der Waals surface area (Å²) in [6, 6.07) is 6.20. The van der Waals surface area contributed by atoms with Crippen molar-refractivity contribution in [3.05, 3.63) is 35.4 Å². The van der Waals surface area contributed by atoms with Crippen LogP contribution < -0.4 is 5.32 Å². The maximum Gasteiger partial charge on any atom is 0.336 e. The van der Waals surface area contributed by atoms with Crippen LogP contribution in [0.2, 0.25) is 0 Å². The lowest BCUT2D eigenvalue weighted by Crippen LogP contribution is -2.40. The summed E-state index contributed by atoms with van der Waals surface area (Å²) in [7, 11) is 0. The van der Waals surface area contributed by atoms with Gasteiger partial charge in [-0.2, -0.15) is 0 Å². The molecule has 0 saturated carbocycles. The molecule has 1 saturated heterocycles. The van der Waals surface area contributed by atoms with E-state index < -0.39 is 5.97 Å². The van der Waals surface area contributed by atoms with Crippen molar-refractivity contribution in [3.63, 3.8) is 0 Å². The fourth-order valence-electron chi connectivity index (χ4n) is 1.71. The van der Waals surface area contributed by atoms with Gasteiger partial charge >= 0.3 is 5.97 Å². The first-order valence-corrected chi connectivity index (χ1v) is 4.88. The number of hydrogen-bond acceptors (Lipinski definition) is 3. The normalized spacial score (nSPS) is 20.2. The van der Waals surface area contributed by atoms with Gasteiger partial charge in [-0.25, -0.2) is 4.79 Å². The second-order valence-electron chi connectivity index (χ2n) is 3.53. The summed E-state index contributed by atoms with van der Waals surface area (Å²) >= 11 is 0. The summed E-state index contributed by atoms with van der Waals surface area (Å²) < 4.78 is 5.08. The Kier molecular flexibility index (Phi) is 2.87. The molecule has 2 N–H and O–H groups in total. The number of carbonyl (C=O) groups is 2. The first kappa shape index (κ1) is 10.6. The molecule has 2 rings (SSSR count). The van der Waals surface area contributed by atoms with E-state index in [9.17, 15) is 9.59 Å². The van der Waals surface area contributed by atoms with Gasteiger partial charge in [-0.1, -0.05) is 18.2 Å². The molecule has 1 aliphatic rings. The molecule has 16 heavy (non-hydrogen) atoms. The van der Waals surface area contributed by atoms with Crippen molar-refractivity contribution in [2.45, 2.75) is 6.04 Å². The molecule has 1 aromatic carbocycles. The van der Waals surface area contributed by atoms with E-state index in [2.05, 4.69) is 5.32 Å². The highest BCUT2D eigenvalue weighted by atomic mass is 16.5. The molecule has 1 amide bonds. The van der Waals surface area contributed by atoms with Crippen LogP contribution in [-0.4, -0.2) is 30.2 Å². The Hall–Kier alpha value is -1.88. The first-order chi connectivity index (χ1) is 7.68. The zero-order valence-electron chi connectivity index (χ0n) is 8.47. The highest BCUT2D eigenvalue weighted by molar-refractivity contribution is 5.90. The third-order valence-electron chi connectivity index (χ3n) is 2.42. The number of aromatic carboxylic acids is 1. The molecule has 0 radical (unpaired) electrons. The maximum atomic E-state index is 11.1. The van der Waals surface area contributed by atoms with Gasteiger partial charge in [0.05, 0.1) is 18.2 Å². The van der Waals surface area contributed by atoms with Crippen LogP contribution in [0, 0.1) is 0 Å². The Morgan fingerprint density at radius 1 is 1.44 bits per heavy atom. The lowest BCUT2D eigenvalue weighted by atomic mass is 10.0. The van der Waals surface area contributed by atoms with Gasteiger partial charge in [0, 0.05) is 0 Å². The first-order valence-electron chi connectivity index (χ1n) is 4.88. The molecule has 1 fully saturated rings. The number of ether oxygens (including phenoxy) is 1. The van der Waals surface area contributed by atoms with Crippen LogP contribution in [0.4, 0.5) is 0 Å². The standard InChI is InChI=1S/C11H11NO4/c13-10-6-16-5-9(12-10)7-3-1-2-4-8(7)11(14)15/h1-4,9H,5-6H2,(H,12,13)(H,14,15). The molecule has 5 heteroatoms. The molecule has 0 spiro atoms. The van der Waals surface area contributed by atoms with E-state index in [1.165, 1.54) is 6.07 Å². The quantitative estimate of drug-likeness (QED) is 0.765. The zero-order valence-corrected chi connectivity index (χ0v) is 8.47. The molecule has 1 heterocycles. The number of hydrogen-bond donors (Lipinski definition) is 2. The molecule has 1 atom stereocenters. The number of carbonyl (C=O) groups excluding carboxylic acids is 1. The van der Waals surface area contributed by atoms with Crippen LogP contribution in [-0.2, 0) is 9.53 Å². The average molecular weight is 221 g/mol. The minimum atomic E-state index is -1.00. The number of morpholine rings is 1. The van der Waals surface area contributed by atoms with Gasteiger partial charge < -0.3 is 15.2 Å². The van der Waals surface area contributed by atoms with Crippen molar-refractivity contribution in [1.82, 2.24) is 5.32 Å². The summed E-state index contributed by atoms with van der Waals surface area (Å²) in [6.07, 6.45) is 0. The maximum absolute atomic E-state index is 11.1. The molecule has 0 aliphatic carbocycles. The number of nitrogens with one attached hydrogen (secondary N) is 1. The van der Waals surface area contributed by atoms with Crippen molar-refractivity contribution in [2.24, 2.45) is 0 Å². The Morgan fingerprint density at radius 2 is 2.19 bits per heavy atom. The van der Waals surface area contributed by atoms with E-state index in [1.54, 1.807) is 18.2 Å². The Labute approximate surface area is 92.0 Å². The molecule has 1 aliphatic heterocycles. The third-order valence-corrected chi connectivity index (χ3v) is 2.42.